The number of fused-ring (bicyclic) bond motifs is 1. The van der Waals surface area contributed by atoms with Crippen LogP contribution in [0.3, 0.4) is 0 Å². The van der Waals surface area contributed by atoms with E-state index in [1.165, 1.54) is 0 Å². The van der Waals surface area contributed by atoms with E-state index in [-0.39, 0.29) is 18.3 Å². The first-order valence-corrected chi connectivity index (χ1v) is 5.56. The number of rotatable bonds is 4. The number of hydrogen-bond acceptors (Lipinski definition) is 3. The molecular weight excluding hydrogens is 252 g/mol. The lowest BCUT2D eigenvalue weighted by atomic mass is 10.1. The zero-order chi connectivity index (χ0) is 12.3. The van der Waals surface area contributed by atoms with Crippen molar-refractivity contribution in [3.05, 3.63) is 30.0 Å². The van der Waals surface area contributed by atoms with Gasteiger partial charge in [-0.15, -0.1) is 12.4 Å². The van der Waals surface area contributed by atoms with Gasteiger partial charge in [-0.25, -0.2) is 0 Å². The van der Waals surface area contributed by atoms with Crippen molar-refractivity contribution in [1.29, 1.82) is 0 Å². The molecule has 5 nitrogen and oxygen atoms in total. The van der Waals surface area contributed by atoms with E-state index in [2.05, 4.69) is 15.5 Å². The van der Waals surface area contributed by atoms with Crippen molar-refractivity contribution in [3.63, 3.8) is 0 Å². The number of aromatic amines is 1. The summed E-state index contributed by atoms with van der Waals surface area (Å²) < 4.78 is 0. The highest BCUT2D eigenvalue weighted by Crippen LogP contribution is 2.17. The van der Waals surface area contributed by atoms with Gasteiger partial charge in [0, 0.05) is 25.5 Å². The summed E-state index contributed by atoms with van der Waals surface area (Å²) in [4.78, 5) is 13.9. The van der Waals surface area contributed by atoms with E-state index in [0.29, 0.717) is 12.1 Å². The Kier molecular flexibility index (Phi) is 5.12. The van der Waals surface area contributed by atoms with Crippen LogP contribution in [0.1, 0.15) is 10.4 Å². The zero-order valence-corrected chi connectivity index (χ0v) is 11.3. The van der Waals surface area contributed by atoms with E-state index in [1.807, 2.05) is 25.2 Å². The second-order valence-corrected chi connectivity index (χ2v) is 3.97. The summed E-state index contributed by atoms with van der Waals surface area (Å²) in [5.74, 6) is 0.0206. The molecule has 0 aliphatic heterocycles. The van der Waals surface area contributed by atoms with Gasteiger partial charge in [0.2, 0.25) is 0 Å². The second-order valence-electron chi connectivity index (χ2n) is 3.97. The van der Waals surface area contributed by atoms with Crippen molar-refractivity contribution in [1.82, 2.24) is 20.4 Å². The molecule has 6 heteroatoms. The maximum atomic E-state index is 12.2. The van der Waals surface area contributed by atoms with Crippen molar-refractivity contribution in [3.8, 4) is 0 Å². The minimum Gasteiger partial charge on any atom is -0.340 e. The third-order valence-corrected chi connectivity index (χ3v) is 2.76. The number of nitrogens with one attached hydrogen (secondary N) is 2. The average molecular weight is 269 g/mol. The van der Waals surface area contributed by atoms with Crippen LogP contribution in [0.15, 0.2) is 24.4 Å². The van der Waals surface area contributed by atoms with Gasteiger partial charge < -0.3 is 10.2 Å². The lowest BCUT2D eigenvalue weighted by molar-refractivity contribution is 0.0799. The van der Waals surface area contributed by atoms with Crippen LogP contribution in [0.25, 0.3) is 10.9 Å². The Morgan fingerprint density at radius 2 is 2.28 bits per heavy atom. The molecule has 0 bridgehead atoms. The predicted molar refractivity (Wildman–Crippen MR) is 74.2 cm³/mol. The third-order valence-electron chi connectivity index (χ3n) is 2.76. The van der Waals surface area contributed by atoms with Gasteiger partial charge in [0.05, 0.1) is 17.3 Å². The zero-order valence-electron chi connectivity index (χ0n) is 10.4. The van der Waals surface area contributed by atoms with Crippen LogP contribution in [0, 0.1) is 0 Å². The fraction of sp³-hybridized carbons (Fsp3) is 0.333. The molecule has 1 aromatic heterocycles. The van der Waals surface area contributed by atoms with Crippen molar-refractivity contribution in [2.24, 2.45) is 0 Å². The first kappa shape index (κ1) is 14.5. The maximum Gasteiger partial charge on any atom is 0.254 e. The summed E-state index contributed by atoms with van der Waals surface area (Å²) in [6, 6.07) is 5.60. The highest BCUT2D eigenvalue weighted by Gasteiger charge is 2.14. The van der Waals surface area contributed by atoms with Crippen molar-refractivity contribution < 1.29 is 4.79 Å². The van der Waals surface area contributed by atoms with Gasteiger partial charge in [-0.2, -0.15) is 5.10 Å². The van der Waals surface area contributed by atoms with Crippen LogP contribution in [0.2, 0.25) is 0 Å². The first-order chi connectivity index (χ1) is 8.24. The van der Waals surface area contributed by atoms with Crippen LogP contribution in [0.4, 0.5) is 0 Å². The van der Waals surface area contributed by atoms with Crippen molar-refractivity contribution in [2.45, 2.75) is 0 Å². The number of hydrogen-bond donors (Lipinski definition) is 2. The number of aromatic nitrogens is 2. The van der Waals surface area contributed by atoms with Gasteiger partial charge in [-0.05, 0) is 19.2 Å². The molecule has 18 heavy (non-hydrogen) atoms. The topological polar surface area (TPSA) is 61.0 Å². The van der Waals surface area contributed by atoms with Gasteiger partial charge >= 0.3 is 0 Å². The standard InChI is InChI=1S/C12H16N4O.ClH/c1-13-6-7-16(2)12(17)9-4-3-5-11-10(9)8-14-15-11;/h3-5,8,13H,6-7H2,1-2H3,(H,14,15);1H. The molecule has 0 aliphatic rings. The van der Waals surface area contributed by atoms with E-state index < -0.39 is 0 Å². The molecule has 0 saturated heterocycles. The summed E-state index contributed by atoms with van der Waals surface area (Å²) in [6.07, 6.45) is 1.69. The van der Waals surface area contributed by atoms with Gasteiger partial charge in [0.1, 0.15) is 0 Å². The molecule has 0 aliphatic carbocycles. The fourth-order valence-electron chi connectivity index (χ4n) is 1.74. The quantitative estimate of drug-likeness (QED) is 0.878. The molecule has 1 heterocycles. The minimum absolute atomic E-state index is 0. The average Bonchev–Trinajstić information content (AvgIpc) is 2.82. The highest BCUT2D eigenvalue weighted by atomic mass is 35.5. The number of halogens is 1. The molecule has 0 saturated carbocycles. The van der Waals surface area contributed by atoms with Gasteiger partial charge in [0.15, 0.2) is 0 Å². The second kappa shape index (κ2) is 6.37. The summed E-state index contributed by atoms with van der Waals surface area (Å²) in [5.41, 5.74) is 1.58. The van der Waals surface area contributed by atoms with E-state index in [9.17, 15) is 4.79 Å². The molecule has 0 atom stereocenters. The van der Waals surface area contributed by atoms with E-state index >= 15 is 0 Å². The Bertz CT molecular complexity index is 526. The lowest BCUT2D eigenvalue weighted by Crippen LogP contribution is -2.32. The molecule has 0 unspecified atom stereocenters. The molecule has 0 fully saturated rings. The molecule has 1 aromatic carbocycles. The van der Waals surface area contributed by atoms with Gasteiger partial charge in [-0.1, -0.05) is 6.07 Å². The molecule has 2 rings (SSSR count). The van der Waals surface area contributed by atoms with Crippen LogP contribution in [0.5, 0.6) is 0 Å². The molecule has 98 valence electrons. The smallest absolute Gasteiger partial charge is 0.254 e. The number of H-pyrrole nitrogens is 1. The van der Waals surface area contributed by atoms with E-state index in [0.717, 1.165) is 17.4 Å². The summed E-state index contributed by atoms with van der Waals surface area (Å²) >= 11 is 0. The predicted octanol–water partition coefficient (Wildman–Crippen LogP) is 1.28. The number of carbonyl (C=O) groups is 1. The monoisotopic (exact) mass is 268 g/mol. The third kappa shape index (κ3) is 2.80. The Hall–Kier alpha value is -1.59. The lowest BCUT2D eigenvalue weighted by Gasteiger charge is -2.17. The van der Waals surface area contributed by atoms with Gasteiger partial charge in [-0.3, -0.25) is 9.89 Å². The molecule has 0 radical (unpaired) electrons. The van der Waals surface area contributed by atoms with Crippen molar-refractivity contribution >= 4 is 29.2 Å². The summed E-state index contributed by atoms with van der Waals surface area (Å²) in [6.45, 7) is 1.47. The van der Waals surface area contributed by atoms with Crippen LogP contribution in [-0.2, 0) is 0 Å². The number of amides is 1. The molecule has 1 amide bonds. The number of benzene rings is 1. The summed E-state index contributed by atoms with van der Waals surface area (Å²) in [5, 5.41) is 10.7. The Morgan fingerprint density at radius 3 is 3.00 bits per heavy atom. The van der Waals surface area contributed by atoms with Crippen LogP contribution < -0.4 is 5.32 Å². The summed E-state index contributed by atoms with van der Waals surface area (Å²) in [7, 11) is 3.67. The van der Waals surface area contributed by atoms with E-state index in [1.54, 1.807) is 18.1 Å². The van der Waals surface area contributed by atoms with Crippen LogP contribution in [-0.4, -0.2) is 48.2 Å². The Balaban J connectivity index is 0.00000162. The fourth-order valence-corrected chi connectivity index (χ4v) is 1.74. The van der Waals surface area contributed by atoms with Crippen molar-refractivity contribution in [2.75, 3.05) is 27.2 Å². The minimum atomic E-state index is 0. The normalized spacial score (nSPS) is 10.1. The maximum absolute atomic E-state index is 12.2. The Morgan fingerprint density at radius 1 is 1.50 bits per heavy atom. The number of likely N-dealkylation sites (N-methyl/N-ethyl adjacent to an activating group) is 2. The molecule has 2 aromatic rings. The Labute approximate surface area is 112 Å². The van der Waals surface area contributed by atoms with Gasteiger partial charge in [0.25, 0.3) is 5.91 Å². The number of nitrogens with zero attached hydrogens (tertiary/aromatic N) is 2. The molecule has 2 N–H and O–H groups in total. The van der Waals surface area contributed by atoms with Crippen LogP contribution >= 0.6 is 12.4 Å². The number of carbonyl (C=O) groups excluding carboxylic acids is 1. The SMILES string of the molecule is CNCCN(C)C(=O)c1cccc2[nH]ncc12.Cl. The first-order valence-electron chi connectivity index (χ1n) is 5.56. The van der Waals surface area contributed by atoms with E-state index in [4.69, 9.17) is 0 Å². The highest BCUT2D eigenvalue weighted by molar-refractivity contribution is 6.05. The molecular formula is C12H17ClN4O. The largest absolute Gasteiger partial charge is 0.340 e. The molecule has 0 spiro atoms.